The molecule has 0 radical (unpaired) electrons. The molecule has 11 nitrogen and oxygen atoms in total. The predicted octanol–water partition coefficient (Wildman–Crippen LogP) is -0.767. The minimum Gasteiger partial charge on any atom is -0.289 e. The lowest BCUT2D eigenvalue weighted by Crippen LogP contribution is -2.32. The molecular weight excluding hydrogens is 448 g/mol. The Labute approximate surface area is 165 Å². The average Bonchev–Trinajstić information content (AvgIpc) is 2.62. The molecule has 0 amide bonds. The van der Waals surface area contributed by atoms with Crippen molar-refractivity contribution in [2.45, 2.75) is 9.79 Å². The SMILES string of the molecule is NS(=O)(=O)c1ccc2c(c1)C(=O)c1cccc(S(=O)(=O)NCS(=O)(=O)O)c1C2=O. The number of hydrogen-bond donors (Lipinski definition) is 3. The highest BCUT2D eigenvalue weighted by atomic mass is 32.2. The van der Waals surface area contributed by atoms with E-state index in [-0.39, 0.29) is 16.7 Å². The van der Waals surface area contributed by atoms with Crippen LogP contribution >= 0.6 is 0 Å². The summed E-state index contributed by atoms with van der Waals surface area (Å²) in [5, 5.41) is 5.03. The number of hydrogen-bond acceptors (Lipinski definition) is 8. The molecule has 0 aliphatic heterocycles. The molecule has 0 atom stereocenters. The molecule has 154 valence electrons. The summed E-state index contributed by atoms with van der Waals surface area (Å²) < 4.78 is 80.0. The maximum Gasteiger partial charge on any atom is 0.279 e. The number of primary sulfonamides is 1. The van der Waals surface area contributed by atoms with Crippen LogP contribution in [0.5, 0.6) is 0 Å². The van der Waals surface area contributed by atoms with Gasteiger partial charge >= 0.3 is 0 Å². The number of carbonyl (C=O) groups is 2. The van der Waals surface area contributed by atoms with Crippen molar-refractivity contribution in [2.24, 2.45) is 5.14 Å². The number of nitrogens with two attached hydrogens (primary N) is 1. The Morgan fingerprint density at radius 3 is 2.10 bits per heavy atom. The topological polar surface area (TPSA) is 195 Å². The normalized spacial score (nSPS) is 14.4. The van der Waals surface area contributed by atoms with Crippen LogP contribution in [0, 0.1) is 0 Å². The van der Waals surface area contributed by atoms with Gasteiger partial charge in [-0.2, -0.15) is 13.1 Å². The number of carbonyl (C=O) groups excluding carboxylic acids is 2. The highest BCUT2D eigenvalue weighted by Crippen LogP contribution is 2.32. The lowest BCUT2D eigenvalue weighted by atomic mass is 9.84. The van der Waals surface area contributed by atoms with Gasteiger partial charge in [0.2, 0.25) is 20.0 Å². The fourth-order valence-electron chi connectivity index (χ4n) is 2.77. The molecule has 0 heterocycles. The van der Waals surface area contributed by atoms with Gasteiger partial charge in [-0.1, -0.05) is 12.1 Å². The number of sulfonamides is 2. The molecule has 14 heteroatoms. The van der Waals surface area contributed by atoms with E-state index in [0.29, 0.717) is 0 Å². The number of rotatable bonds is 5. The first-order chi connectivity index (χ1) is 13.2. The lowest BCUT2D eigenvalue weighted by Gasteiger charge is -2.20. The Bertz CT molecular complexity index is 1390. The molecule has 3 rings (SSSR count). The van der Waals surface area contributed by atoms with E-state index in [1.54, 1.807) is 4.72 Å². The van der Waals surface area contributed by atoms with Crippen LogP contribution in [0.1, 0.15) is 31.8 Å². The molecule has 0 unspecified atom stereocenters. The molecule has 0 bridgehead atoms. The molecule has 2 aromatic carbocycles. The maximum absolute atomic E-state index is 12.9. The third-order valence-electron chi connectivity index (χ3n) is 4.03. The summed E-state index contributed by atoms with van der Waals surface area (Å²) in [6.07, 6.45) is 0. The maximum atomic E-state index is 12.9. The zero-order valence-corrected chi connectivity index (χ0v) is 16.6. The summed E-state index contributed by atoms with van der Waals surface area (Å²) in [6, 6.07) is 6.27. The minimum atomic E-state index is -4.69. The number of fused-ring (bicyclic) bond motifs is 2. The summed E-state index contributed by atoms with van der Waals surface area (Å²) in [4.78, 5) is 24.6. The van der Waals surface area contributed by atoms with E-state index >= 15 is 0 Å². The molecule has 0 aromatic heterocycles. The van der Waals surface area contributed by atoms with E-state index in [1.807, 2.05) is 0 Å². The third-order valence-corrected chi connectivity index (χ3v) is 7.07. The van der Waals surface area contributed by atoms with Crippen molar-refractivity contribution < 1.29 is 39.4 Å². The second-order valence-corrected chi connectivity index (χ2v) is 10.7. The predicted molar refractivity (Wildman–Crippen MR) is 97.9 cm³/mol. The first kappa shape index (κ1) is 21.2. The Kier molecular flexibility index (Phi) is 4.97. The fourth-order valence-corrected chi connectivity index (χ4v) is 5.42. The number of benzene rings is 2. The molecule has 29 heavy (non-hydrogen) atoms. The van der Waals surface area contributed by atoms with E-state index in [2.05, 4.69) is 0 Å². The molecule has 0 saturated carbocycles. The highest BCUT2D eigenvalue weighted by Gasteiger charge is 2.35. The van der Waals surface area contributed by atoms with Gasteiger partial charge in [-0.05, 0) is 24.3 Å². The molecule has 4 N–H and O–H groups in total. The number of nitrogens with one attached hydrogen (secondary N) is 1. The van der Waals surface area contributed by atoms with Gasteiger partial charge in [-0.25, -0.2) is 22.0 Å². The quantitative estimate of drug-likeness (QED) is 0.410. The van der Waals surface area contributed by atoms with E-state index in [4.69, 9.17) is 9.69 Å². The van der Waals surface area contributed by atoms with Crippen LogP contribution in [-0.4, -0.2) is 47.2 Å². The largest absolute Gasteiger partial charge is 0.289 e. The Morgan fingerprint density at radius 2 is 1.52 bits per heavy atom. The van der Waals surface area contributed by atoms with Crippen LogP contribution in [0.2, 0.25) is 0 Å². The van der Waals surface area contributed by atoms with Crippen LogP contribution in [0.25, 0.3) is 0 Å². The van der Waals surface area contributed by atoms with Crippen molar-refractivity contribution in [3.8, 4) is 0 Å². The summed E-state index contributed by atoms with van der Waals surface area (Å²) in [5.41, 5.74) is -1.33. The van der Waals surface area contributed by atoms with Crippen molar-refractivity contribution in [3.05, 3.63) is 58.7 Å². The second kappa shape index (κ2) is 6.79. The fraction of sp³-hybridized carbons (Fsp3) is 0.0667. The summed E-state index contributed by atoms with van der Waals surface area (Å²) >= 11 is 0. The highest BCUT2D eigenvalue weighted by molar-refractivity contribution is 7.91. The van der Waals surface area contributed by atoms with Crippen molar-refractivity contribution in [3.63, 3.8) is 0 Å². The molecule has 1 aliphatic carbocycles. The summed E-state index contributed by atoms with van der Waals surface area (Å²) in [7, 11) is -13.4. The second-order valence-electron chi connectivity index (χ2n) is 5.96. The Morgan fingerprint density at radius 1 is 0.862 bits per heavy atom. The van der Waals surface area contributed by atoms with Crippen LogP contribution in [-0.2, 0) is 30.2 Å². The monoisotopic (exact) mass is 460 g/mol. The van der Waals surface area contributed by atoms with Crippen molar-refractivity contribution in [1.29, 1.82) is 0 Å². The van der Waals surface area contributed by atoms with E-state index in [9.17, 15) is 34.8 Å². The number of ketones is 2. The standard InChI is InChI=1S/C15H12N2O9S3/c16-28(23,24)8-4-5-9-11(6-8)14(18)10-2-1-3-12(13(10)15(9)19)29(25,26)17-7-27(20,21)22/h1-6,17H,7H2,(H2,16,23,24)(H,20,21,22). The van der Waals surface area contributed by atoms with Gasteiger partial charge in [0.05, 0.1) is 15.4 Å². The molecule has 0 fully saturated rings. The van der Waals surface area contributed by atoms with Crippen LogP contribution < -0.4 is 9.86 Å². The lowest BCUT2D eigenvalue weighted by molar-refractivity contribution is 0.0976. The Balaban J connectivity index is 2.19. The molecular formula is C15H12N2O9S3. The van der Waals surface area contributed by atoms with Gasteiger partial charge in [0.15, 0.2) is 11.6 Å². The molecule has 0 saturated heterocycles. The van der Waals surface area contributed by atoms with Crippen LogP contribution in [0.3, 0.4) is 0 Å². The van der Waals surface area contributed by atoms with Gasteiger partial charge in [0.25, 0.3) is 10.1 Å². The smallest absolute Gasteiger partial charge is 0.279 e. The van der Waals surface area contributed by atoms with E-state index < -0.39 is 63.0 Å². The zero-order chi connectivity index (χ0) is 21.8. The van der Waals surface area contributed by atoms with Crippen molar-refractivity contribution in [1.82, 2.24) is 4.72 Å². The first-order valence-electron chi connectivity index (χ1n) is 7.56. The zero-order valence-electron chi connectivity index (χ0n) is 14.2. The molecule has 1 aliphatic rings. The summed E-state index contributed by atoms with van der Waals surface area (Å²) in [6.45, 7) is 0. The van der Waals surface area contributed by atoms with Crippen LogP contribution in [0.4, 0.5) is 0 Å². The first-order valence-corrected chi connectivity index (χ1v) is 12.2. The average molecular weight is 460 g/mol. The van der Waals surface area contributed by atoms with Gasteiger partial charge in [-0.15, -0.1) is 0 Å². The Hall–Kier alpha value is -2.49. The summed E-state index contributed by atoms with van der Waals surface area (Å²) in [5.74, 6) is -3.04. The van der Waals surface area contributed by atoms with Gasteiger partial charge in [-0.3, -0.25) is 14.1 Å². The van der Waals surface area contributed by atoms with Crippen molar-refractivity contribution >= 4 is 41.7 Å². The van der Waals surface area contributed by atoms with Gasteiger partial charge in [0.1, 0.15) is 5.88 Å². The van der Waals surface area contributed by atoms with E-state index in [0.717, 1.165) is 30.3 Å². The van der Waals surface area contributed by atoms with Gasteiger partial charge < -0.3 is 0 Å². The molecule has 2 aromatic rings. The third kappa shape index (κ3) is 3.98. The minimum absolute atomic E-state index is 0.243. The molecule has 0 spiro atoms. The van der Waals surface area contributed by atoms with Crippen LogP contribution in [0.15, 0.2) is 46.2 Å². The van der Waals surface area contributed by atoms with E-state index in [1.165, 1.54) is 6.07 Å². The van der Waals surface area contributed by atoms with Gasteiger partial charge in [0, 0.05) is 16.7 Å². The van der Waals surface area contributed by atoms with Crippen molar-refractivity contribution in [2.75, 3.05) is 5.88 Å².